The summed E-state index contributed by atoms with van der Waals surface area (Å²) in [6.45, 7) is 5.69. The van der Waals surface area contributed by atoms with E-state index in [4.69, 9.17) is 23.2 Å². The van der Waals surface area contributed by atoms with Crippen molar-refractivity contribution in [1.82, 2.24) is 5.32 Å². The van der Waals surface area contributed by atoms with Gasteiger partial charge in [0.2, 0.25) is 0 Å². The summed E-state index contributed by atoms with van der Waals surface area (Å²) >= 11 is 12.3. The third-order valence-electron chi connectivity index (χ3n) is 4.66. The van der Waals surface area contributed by atoms with Gasteiger partial charge >= 0.3 is 0 Å². The molecule has 3 unspecified atom stereocenters. The minimum absolute atomic E-state index is 0.328. The van der Waals surface area contributed by atoms with Crippen molar-refractivity contribution in [3.8, 4) is 0 Å². The third kappa shape index (κ3) is 4.13. The molecule has 1 fully saturated rings. The van der Waals surface area contributed by atoms with E-state index in [0.29, 0.717) is 11.1 Å². The van der Waals surface area contributed by atoms with Gasteiger partial charge in [-0.3, -0.25) is 0 Å². The second-order valence-electron chi connectivity index (χ2n) is 6.06. The van der Waals surface area contributed by atoms with Crippen LogP contribution in [-0.2, 0) is 0 Å². The second kappa shape index (κ2) is 7.68. The average molecular weight is 314 g/mol. The first kappa shape index (κ1) is 16.1. The first-order valence-electron chi connectivity index (χ1n) is 7.80. The van der Waals surface area contributed by atoms with Crippen LogP contribution in [0.3, 0.4) is 0 Å². The van der Waals surface area contributed by atoms with Gasteiger partial charge < -0.3 is 5.32 Å². The van der Waals surface area contributed by atoms with Crippen LogP contribution in [0.1, 0.15) is 57.6 Å². The molecular weight excluding hydrogens is 289 g/mol. The highest BCUT2D eigenvalue weighted by molar-refractivity contribution is 6.35. The van der Waals surface area contributed by atoms with Crippen molar-refractivity contribution < 1.29 is 0 Å². The normalized spacial score (nSPS) is 24.6. The molecule has 0 heterocycles. The highest BCUT2D eigenvalue weighted by Crippen LogP contribution is 2.31. The van der Waals surface area contributed by atoms with E-state index < -0.39 is 0 Å². The summed E-state index contributed by atoms with van der Waals surface area (Å²) in [6.07, 6.45) is 6.57. The smallest absolute Gasteiger partial charge is 0.0468 e. The average Bonchev–Trinajstić information content (AvgIpc) is 2.43. The number of benzene rings is 1. The van der Waals surface area contributed by atoms with Gasteiger partial charge in [-0.2, -0.15) is 0 Å². The zero-order valence-electron chi connectivity index (χ0n) is 12.5. The molecule has 2 rings (SSSR count). The minimum Gasteiger partial charge on any atom is -0.310 e. The van der Waals surface area contributed by atoms with Gasteiger partial charge in [-0.05, 0) is 48.9 Å². The maximum Gasteiger partial charge on any atom is 0.0468 e. The number of rotatable bonds is 5. The van der Waals surface area contributed by atoms with Gasteiger partial charge in [-0.15, -0.1) is 0 Å². The van der Waals surface area contributed by atoms with E-state index in [-0.39, 0.29) is 0 Å². The Balaban J connectivity index is 1.98. The van der Waals surface area contributed by atoms with Crippen LogP contribution in [0.5, 0.6) is 0 Å². The Morgan fingerprint density at radius 2 is 2.00 bits per heavy atom. The van der Waals surface area contributed by atoms with Gasteiger partial charge in [0.25, 0.3) is 0 Å². The molecule has 1 N–H and O–H groups in total. The molecule has 1 aliphatic carbocycles. The van der Waals surface area contributed by atoms with E-state index in [1.807, 2.05) is 12.1 Å². The van der Waals surface area contributed by atoms with E-state index in [1.165, 1.54) is 31.2 Å². The summed E-state index contributed by atoms with van der Waals surface area (Å²) in [4.78, 5) is 0. The molecule has 1 aromatic carbocycles. The Labute approximate surface area is 133 Å². The van der Waals surface area contributed by atoms with Crippen molar-refractivity contribution in [3.05, 3.63) is 33.8 Å². The van der Waals surface area contributed by atoms with Gasteiger partial charge in [-0.1, -0.05) is 62.4 Å². The summed E-state index contributed by atoms with van der Waals surface area (Å²) in [5, 5.41) is 5.19. The Morgan fingerprint density at radius 3 is 2.65 bits per heavy atom. The molecule has 20 heavy (non-hydrogen) atoms. The van der Waals surface area contributed by atoms with Crippen LogP contribution in [0.25, 0.3) is 0 Å². The lowest BCUT2D eigenvalue weighted by Crippen LogP contribution is -2.32. The highest BCUT2D eigenvalue weighted by atomic mass is 35.5. The Morgan fingerprint density at radius 1 is 1.25 bits per heavy atom. The third-order valence-corrected chi connectivity index (χ3v) is 5.22. The van der Waals surface area contributed by atoms with E-state index in [2.05, 4.69) is 25.2 Å². The number of hydrogen-bond acceptors (Lipinski definition) is 1. The van der Waals surface area contributed by atoms with Gasteiger partial charge in [0.05, 0.1) is 0 Å². The molecule has 0 saturated heterocycles. The lowest BCUT2D eigenvalue weighted by Gasteiger charge is -2.31. The molecule has 0 aliphatic heterocycles. The first-order chi connectivity index (χ1) is 9.61. The predicted molar refractivity (Wildman–Crippen MR) is 88.6 cm³/mol. The van der Waals surface area contributed by atoms with Gasteiger partial charge in [-0.25, -0.2) is 0 Å². The minimum atomic E-state index is 0.328. The fraction of sp³-hybridized carbons (Fsp3) is 0.647. The lowest BCUT2D eigenvalue weighted by molar-refractivity contribution is 0.240. The van der Waals surface area contributed by atoms with Crippen LogP contribution in [0.4, 0.5) is 0 Å². The number of halogens is 2. The molecule has 0 spiro atoms. The molecular formula is C17H25Cl2N. The summed E-state index contributed by atoms with van der Waals surface area (Å²) in [5.74, 6) is 1.65. The maximum absolute atomic E-state index is 6.33. The molecule has 1 saturated carbocycles. The fourth-order valence-corrected chi connectivity index (χ4v) is 3.79. The molecule has 112 valence electrons. The van der Waals surface area contributed by atoms with Crippen molar-refractivity contribution in [2.24, 2.45) is 11.8 Å². The van der Waals surface area contributed by atoms with Crippen LogP contribution in [0.2, 0.25) is 10.0 Å². The quantitative estimate of drug-likeness (QED) is 0.717. The maximum atomic E-state index is 6.33. The van der Waals surface area contributed by atoms with Crippen molar-refractivity contribution >= 4 is 23.2 Å². The van der Waals surface area contributed by atoms with Gasteiger partial charge in [0.1, 0.15) is 0 Å². The van der Waals surface area contributed by atoms with E-state index in [0.717, 1.165) is 29.8 Å². The van der Waals surface area contributed by atoms with Crippen molar-refractivity contribution in [3.63, 3.8) is 0 Å². The summed E-state index contributed by atoms with van der Waals surface area (Å²) in [6, 6.07) is 6.15. The van der Waals surface area contributed by atoms with Crippen LogP contribution in [0, 0.1) is 11.8 Å². The molecule has 0 bridgehead atoms. The van der Waals surface area contributed by atoms with Crippen LogP contribution >= 0.6 is 23.2 Å². The van der Waals surface area contributed by atoms with Crippen LogP contribution in [0.15, 0.2) is 18.2 Å². The first-order valence-corrected chi connectivity index (χ1v) is 8.55. The van der Waals surface area contributed by atoms with Crippen LogP contribution in [-0.4, -0.2) is 6.54 Å². The van der Waals surface area contributed by atoms with E-state index in [1.54, 1.807) is 0 Å². The summed E-state index contributed by atoms with van der Waals surface area (Å²) < 4.78 is 0. The monoisotopic (exact) mass is 313 g/mol. The summed E-state index contributed by atoms with van der Waals surface area (Å²) in [5.41, 5.74) is 1.17. The molecule has 3 atom stereocenters. The number of hydrogen-bond donors (Lipinski definition) is 1. The van der Waals surface area contributed by atoms with Gasteiger partial charge in [0.15, 0.2) is 0 Å². The molecule has 0 radical (unpaired) electrons. The number of nitrogens with one attached hydrogen (secondary N) is 1. The molecule has 0 amide bonds. The van der Waals surface area contributed by atoms with Gasteiger partial charge in [0, 0.05) is 16.1 Å². The van der Waals surface area contributed by atoms with E-state index >= 15 is 0 Å². The van der Waals surface area contributed by atoms with E-state index in [9.17, 15) is 0 Å². The molecule has 1 aliphatic rings. The Bertz CT molecular complexity index is 433. The Kier molecular flexibility index (Phi) is 6.20. The largest absolute Gasteiger partial charge is 0.310 e. The van der Waals surface area contributed by atoms with Crippen LogP contribution < -0.4 is 5.32 Å². The summed E-state index contributed by atoms with van der Waals surface area (Å²) in [7, 11) is 0. The zero-order valence-corrected chi connectivity index (χ0v) is 14.0. The SMILES string of the molecule is CCC(NCC1CCCCC1C)c1ccc(Cl)cc1Cl. The highest BCUT2D eigenvalue weighted by Gasteiger charge is 2.22. The Hall–Kier alpha value is -0.240. The molecule has 1 aromatic rings. The van der Waals surface area contributed by atoms with Crippen molar-refractivity contribution in [2.45, 2.75) is 52.0 Å². The molecule has 0 aromatic heterocycles. The predicted octanol–water partition coefficient (Wildman–Crippen LogP) is 5.86. The zero-order chi connectivity index (χ0) is 14.5. The van der Waals surface area contributed by atoms with Crippen molar-refractivity contribution in [2.75, 3.05) is 6.54 Å². The standard InChI is InChI=1S/C17H25Cl2N/c1-3-17(15-9-8-14(18)10-16(15)19)20-11-13-7-5-4-6-12(13)2/h8-10,12-13,17,20H,3-7,11H2,1-2H3. The fourth-order valence-electron chi connectivity index (χ4n) is 3.25. The van der Waals surface area contributed by atoms with Crippen molar-refractivity contribution in [1.29, 1.82) is 0 Å². The molecule has 1 nitrogen and oxygen atoms in total. The second-order valence-corrected chi connectivity index (χ2v) is 6.90. The molecule has 3 heteroatoms. The topological polar surface area (TPSA) is 12.0 Å². The lowest BCUT2D eigenvalue weighted by atomic mass is 9.80.